The van der Waals surface area contributed by atoms with Gasteiger partial charge in [-0.05, 0) is 24.6 Å². The van der Waals surface area contributed by atoms with Gasteiger partial charge in [-0.1, -0.05) is 11.2 Å². The second-order valence-electron chi connectivity index (χ2n) is 6.26. The van der Waals surface area contributed by atoms with E-state index in [9.17, 15) is 23.3 Å². The predicted molar refractivity (Wildman–Crippen MR) is 87.5 cm³/mol. The Morgan fingerprint density at radius 1 is 1.25 bits per heavy atom. The van der Waals surface area contributed by atoms with Crippen molar-refractivity contribution in [3.8, 4) is 11.6 Å². The van der Waals surface area contributed by atoms with Crippen LogP contribution in [0.15, 0.2) is 45.5 Å². The molecule has 0 N–H and O–H groups in total. The van der Waals surface area contributed by atoms with Gasteiger partial charge in [-0.2, -0.15) is 18.2 Å². The van der Waals surface area contributed by atoms with E-state index in [4.69, 9.17) is 8.94 Å². The average molecular weight is 395 g/mol. The number of pyridine rings is 1. The Bertz CT molecular complexity index is 1000. The first-order valence-electron chi connectivity index (χ1n) is 8.12. The molecule has 9 nitrogen and oxygen atoms in total. The van der Waals surface area contributed by atoms with E-state index in [2.05, 4.69) is 15.1 Å². The van der Waals surface area contributed by atoms with Gasteiger partial charge in [-0.25, -0.2) is 4.98 Å². The van der Waals surface area contributed by atoms with E-state index in [1.807, 2.05) is 0 Å². The summed E-state index contributed by atoms with van der Waals surface area (Å²) in [6.45, 7) is -0.339. The third-order valence-electron chi connectivity index (χ3n) is 4.61. The monoisotopic (exact) mass is 395 g/mol. The molecule has 3 aromatic rings. The summed E-state index contributed by atoms with van der Waals surface area (Å²) in [5, 5.41) is 14.2. The smallest absolute Gasteiger partial charge is 0.397 e. The Morgan fingerprint density at radius 2 is 2.07 bits per heavy atom. The average Bonchev–Trinajstić information content (AvgIpc) is 3.39. The largest absolute Gasteiger partial charge is 0.433 e. The van der Waals surface area contributed by atoms with Gasteiger partial charge in [-0.3, -0.25) is 10.1 Å². The molecule has 28 heavy (non-hydrogen) atoms. The first kappa shape index (κ1) is 17.9. The Labute approximate surface area is 154 Å². The molecule has 0 radical (unpaired) electrons. The second kappa shape index (κ2) is 6.32. The van der Waals surface area contributed by atoms with Crippen LogP contribution >= 0.6 is 0 Å². The highest BCUT2D eigenvalue weighted by atomic mass is 19.4. The number of rotatable bonds is 4. The zero-order chi connectivity index (χ0) is 19.9. The third kappa shape index (κ3) is 2.86. The number of hydrogen-bond acceptors (Lipinski definition) is 8. The standard InChI is InChI=1S/C16H12F3N5O4/c17-16(18,19)15(6-8-23(9-15)11-3-1-2-7-20-11)14-21-13(22-28-14)10-4-5-12(27-10)24(25)26/h1-5,7H,6,8-9H2. The number of halogens is 3. The van der Waals surface area contributed by atoms with Crippen LogP contribution in [0.5, 0.6) is 0 Å². The van der Waals surface area contributed by atoms with Crippen LogP contribution in [0.4, 0.5) is 24.9 Å². The van der Waals surface area contributed by atoms with Gasteiger partial charge in [0.1, 0.15) is 10.7 Å². The molecule has 0 spiro atoms. The molecule has 0 bridgehead atoms. The number of furan rings is 1. The topological polar surface area (TPSA) is 111 Å². The lowest BCUT2D eigenvalue weighted by Crippen LogP contribution is -2.45. The summed E-state index contributed by atoms with van der Waals surface area (Å²) >= 11 is 0. The molecule has 146 valence electrons. The number of alkyl halides is 3. The molecule has 0 aliphatic carbocycles. The fourth-order valence-corrected chi connectivity index (χ4v) is 3.14. The number of anilines is 1. The SMILES string of the molecule is O=[N+]([O-])c1ccc(-c2noc(C3(C(F)(F)F)CCN(c4ccccn4)C3)n2)o1. The van der Waals surface area contributed by atoms with Crippen molar-refractivity contribution in [1.82, 2.24) is 15.1 Å². The molecule has 1 aliphatic heterocycles. The molecule has 1 fully saturated rings. The summed E-state index contributed by atoms with van der Waals surface area (Å²) in [5.41, 5.74) is -2.38. The number of nitro groups is 1. The van der Waals surface area contributed by atoms with Crippen LogP contribution in [0, 0.1) is 10.1 Å². The van der Waals surface area contributed by atoms with Gasteiger partial charge >= 0.3 is 12.1 Å². The lowest BCUT2D eigenvalue weighted by molar-refractivity contribution is -0.401. The van der Waals surface area contributed by atoms with E-state index < -0.39 is 34.8 Å². The van der Waals surface area contributed by atoms with Crippen LogP contribution in [0.1, 0.15) is 12.3 Å². The summed E-state index contributed by atoms with van der Waals surface area (Å²) in [7, 11) is 0. The molecular weight excluding hydrogens is 383 g/mol. The lowest BCUT2D eigenvalue weighted by atomic mass is 9.86. The first-order chi connectivity index (χ1) is 13.3. The van der Waals surface area contributed by atoms with Gasteiger partial charge in [-0.15, -0.1) is 0 Å². The Morgan fingerprint density at radius 3 is 2.71 bits per heavy atom. The van der Waals surface area contributed by atoms with Crippen molar-refractivity contribution in [2.45, 2.75) is 18.0 Å². The second-order valence-corrected chi connectivity index (χ2v) is 6.26. The van der Waals surface area contributed by atoms with Crippen molar-refractivity contribution in [3.63, 3.8) is 0 Å². The van der Waals surface area contributed by atoms with Crippen molar-refractivity contribution < 1.29 is 27.0 Å². The number of nitrogens with zero attached hydrogens (tertiary/aromatic N) is 5. The molecule has 1 saturated heterocycles. The van der Waals surface area contributed by atoms with Gasteiger partial charge in [0, 0.05) is 19.3 Å². The van der Waals surface area contributed by atoms with Gasteiger partial charge < -0.3 is 13.8 Å². The molecule has 0 amide bonds. The predicted octanol–water partition coefficient (Wildman–Crippen LogP) is 3.34. The molecule has 12 heteroatoms. The van der Waals surface area contributed by atoms with Crippen LogP contribution in [-0.2, 0) is 5.41 Å². The molecule has 3 aromatic heterocycles. The van der Waals surface area contributed by atoms with Crippen LogP contribution in [0.25, 0.3) is 11.6 Å². The van der Waals surface area contributed by atoms with Crippen molar-refractivity contribution in [3.05, 3.63) is 52.5 Å². The molecule has 1 unspecified atom stereocenters. The Hall–Kier alpha value is -3.44. The zero-order valence-electron chi connectivity index (χ0n) is 14.1. The summed E-state index contributed by atoms with van der Waals surface area (Å²) in [4.78, 5) is 19.3. The van der Waals surface area contributed by atoms with Gasteiger partial charge in [0.2, 0.25) is 11.7 Å². The highest BCUT2D eigenvalue weighted by Crippen LogP contribution is 2.48. The van der Waals surface area contributed by atoms with Crippen LogP contribution in [0.2, 0.25) is 0 Å². The molecular formula is C16H12F3N5O4. The lowest BCUT2D eigenvalue weighted by Gasteiger charge is -2.28. The molecule has 4 rings (SSSR count). The van der Waals surface area contributed by atoms with Crippen molar-refractivity contribution in [2.75, 3.05) is 18.0 Å². The highest BCUT2D eigenvalue weighted by molar-refractivity contribution is 5.49. The fraction of sp³-hybridized carbons (Fsp3) is 0.312. The van der Waals surface area contributed by atoms with Gasteiger partial charge in [0.15, 0.2) is 11.2 Å². The highest BCUT2D eigenvalue weighted by Gasteiger charge is 2.63. The molecule has 0 saturated carbocycles. The third-order valence-corrected chi connectivity index (χ3v) is 4.61. The number of aromatic nitrogens is 3. The van der Waals surface area contributed by atoms with E-state index in [1.165, 1.54) is 17.2 Å². The van der Waals surface area contributed by atoms with E-state index in [1.54, 1.807) is 18.2 Å². The van der Waals surface area contributed by atoms with Crippen molar-refractivity contribution >= 4 is 11.7 Å². The van der Waals surface area contributed by atoms with E-state index >= 15 is 0 Å². The maximum absolute atomic E-state index is 14.0. The first-order valence-corrected chi connectivity index (χ1v) is 8.12. The quantitative estimate of drug-likeness (QED) is 0.488. The molecule has 1 atom stereocenters. The van der Waals surface area contributed by atoms with Crippen LogP contribution < -0.4 is 4.90 Å². The maximum atomic E-state index is 14.0. The fourth-order valence-electron chi connectivity index (χ4n) is 3.14. The van der Waals surface area contributed by atoms with Gasteiger partial charge in [0.25, 0.3) is 0 Å². The number of hydrogen-bond donors (Lipinski definition) is 0. The maximum Gasteiger partial charge on any atom is 0.433 e. The minimum Gasteiger partial charge on any atom is -0.397 e. The molecule has 1 aliphatic rings. The summed E-state index contributed by atoms with van der Waals surface area (Å²) < 4.78 is 51.9. The summed E-state index contributed by atoms with van der Waals surface area (Å²) in [5.74, 6) is -1.22. The van der Waals surface area contributed by atoms with Crippen LogP contribution in [0.3, 0.4) is 0 Å². The normalized spacial score (nSPS) is 19.9. The zero-order valence-corrected chi connectivity index (χ0v) is 14.1. The minimum atomic E-state index is -4.66. The molecule has 0 aromatic carbocycles. The van der Waals surface area contributed by atoms with E-state index in [-0.39, 0.29) is 24.6 Å². The summed E-state index contributed by atoms with van der Waals surface area (Å²) in [6.07, 6.45) is -3.46. The van der Waals surface area contributed by atoms with E-state index in [0.717, 1.165) is 6.07 Å². The summed E-state index contributed by atoms with van der Waals surface area (Å²) in [6, 6.07) is 7.23. The van der Waals surface area contributed by atoms with Crippen molar-refractivity contribution in [1.29, 1.82) is 0 Å². The van der Waals surface area contributed by atoms with Crippen molar-refractivity contribution in [2.24, 2.45) is 0 Å². The van der Waals surface area contributed by atoms with E-state index in [0.29, 0.717) is 5.82 Å². The Kier molecular flexibility index (Phi) is 4.05. The van der Waals surface area contributed by atoms with Gasteiger partial charge in [0.05, 0.1) is 6.07 Å². The Balaban J connectivity index is 1.68. The minimum absolute atomic E-state index is 0.0977. The molecule has 4 heterocycles. The van der Waals surface area contributed by atoms with Crippen LogP contribution in [-0.4, -0.2) is 39.3 Å².